The summed E-state index contributed by atoms with van der Waals surface area (Å²) in [6.07, 6.45) is 4.17. The van der Waals surface area contributed by atoms with Gasteiger partial charge in [0.15, 0.2) is 5.82 Å². The van der Waals surface area contributed by atoms with Gasteiger partial charge in [-0.25, -0.2) is 0 Å². The van der Waals surface area contributed by atoms with Gasteiger partial charge in [-0.2, -0.15) is 0 Å². The zero-order chi connectivity index (χ0) is 14.8. The molecule has 0 saturated carbocycles. The standard InChI is InChI=1S/C15H23N3O2/c1-3-17(15(16-2)13-18(19)20)12-8-7-11-14-9-5-4-6-10-14/h4-6,9-10,13,16H,3,7-8,11-12H2,1-2H3. The SMILES string of the molecule is CCN(CCCCc1ccccc1)C(=C[N+](=O)[O-])NC. The number of hydrogen-bond donors (Lipinski definition) is 1. The minimum Gasteiger partial charge on any atom is -0.370 e. The zero-order valence-corrected chi connectivity index (χ0v) is 12.2. The number of aryl methyl sites for hydroxylation is 1. The van der Waals surface area contributed by atoms with Crippen LogP contribution in [-0.4, -0.2) is 30.0 Å². The van der Waals surface area contributed by atoms with Crippen molar-refractivity contribution >= 4 is 0 Å². The lowest BCUT2D eigenvalue weighted by atomic mass is 10.1. The van der Waals surface area contributed by atoms with Crippen molar-refractivity contribution in [2.45, 2.75) is 26.2 Å². The second-order valence-corrected chi connectivity index (χ2v) is 4.57. The molecule has 1 rings (SSSR count). The van der Waals surface area contributed by atoms with Crippen LogP contribution >= 0.6 is 0 Å². The van der Waals surface area contributed by atoms with E-state index >= 15 is 0 Å². The van der Waals surface area contributed by atoms with Crippen molar-refractivity contribution in [1.29, 1.82) is 0 Å². The summed E-state index contributed by atoms with van der Waals surface area (Å²) in [5.74, 6) is 0.567. The molecule has 1 aromatic rings. The molecule has 0 aliphatic heterocycles. The third-order valence-electron chi connectivity index (χ3n) is 3.19. The molecule has 0 aromatic heterocycles. The van der Waals surface area contributed by atoms with Crippen molar-refractivity contribution in [3.8, 4) is 0 Å². The van der Waals surface area contributed by atoms with Crippen LogP contribution in [0.2, 0.25) is 0 Å². The van der Waals surface area contributed by atoms with Gasteiger partial charge < -0.3 is 10.2 Å². The van der Waals surface area contributed by atoms with Crippen LogP contribution in [0.25, 0.3) is 0 Å². The molecule has 0 saturated heterocycles. The highest BCUT2D eigenvalue weighted by Gasteiger charge is 2.09. The monoisotopic (exact) mass is 277 g/mol. The summed E-state index contributed by atoms with van der Waals surface area (Å²) < 4.78 is 0. The summed E-state index contributed by atoms with van der Waals surface area (Å²) in [6, 6.07) is 10.4. The molecule has 0 radical (unpaired) electrons. The Labute approximate surface area is 120 Å². The molecule has 0 fully saturated rings. The van der Waals surface area contributed by atoms with E-state index in [1.165, 1.54) is 5.56 Å². The molecule has 0 aliphatic rings. The van der Waals surface area contributed by atoms with E-state index in [0.717, 1.165) is 38.6 Å². The van der Waals surface area contributed by atoms with E-state index in [4.69, 9.17) is 0 Å². The first-order chi connectivity index (χ1) is 9.67. The number of rotatable bonds is 9. The number of nitrogens with one attached hydrogen (secondary N) is 1. The number of hydrogen-bond acceptors (Lipinski definition) is 4. The Hall–Kier alpha value is -2.04. The first-order valence-corrected chi connectivity index (χ1v) is 6.99. The summed E-state index contributed by atoms with van der Waals surface area (Å²) in [5, 5.41) is 13.5. The predicted molar refractivity (Wildman–Crippen MR) is 80.8 cm³/mol. The first kappa shape index (κ1) is 16.0. The third-order valence-corrected chi connectivity index (χ3v) is 3.19. The van der Waals surface area contributed by atoms with E-state index < -0.39 is 4.92 Å². The summed E-state index contributed by atoms with van der Waals surface area (Å²) in [5.41, 5.74) is 1.34. The molecule has 1 N–H and O–H groups in total. The van der Waals surface area contributed by atoms with Gasteiger partial charge >= 0.3 is 0 Å². The maximum atomic E-state index is 10.6. The molecule has 1 aromatic carbocycles. The van der Waals surface area contributed by atoms with E-state index in [1.807, 2.05) is 30.0 Å². The molecule has 0 heterocycles. The van der Waals surface area contributed by atoms with E-state index in [-0.39, 0.29) is 0 Å². The number of unbranched alkanes of at least 4 members (excludes halogenated alkanes) is 1. The predicted octanol–water partition coefficient (Wildman–Crippen LogP) is 2.63. The van der Waals surface area contributed by atoms with Crippen molar-refractivity contribution in [1.82, 2.24) is 10.2 Å². The van der Waals surface area contributed by atoms with Crippen LogP contribution in [0.3, 0.4) is 0 Å². The highest BCUT2D eigenvalue weighted by Crippen LogP contribution is 2.07. The van der Waals surface area contributed by atoms with Crippen LogP contribution in [0.4, 0.5) is 0 Å². The molecule has 5 heteroatoms. The topological polar surface area (TPSA) is 58.4 Å². The minimum atomic E-state index is -0.418. The van der Waals surface area contributed by atoms with Crippen molar-refractivity contribution < 1.29 is 4.92 Å². The fourth-order valence-corrected chi connectivity index (χ4v) is 2.13. The van der Waals surface area contributed by atoms with Gasteiger partial charge in [-0.3, -0.25) is 10.1 Å². The van der Waals surface area contributed by atoms with Gasteiger partial charge in [0.2, 0.25) is 0 Å². The highest BCUT2D eigenvalue weighted by atomic mass is 16.6. The van der Waals surface area contributed by atoms with Crippen LogP contribution in [0.15, 0.2) is 42.4 Å². The minimum absolute atomic E-state index is 0.418. The second kappa shape index (κ2) is 8.96. The summed E-state index contributed by atoms with van der Waals surface area (Å²) in [7, 11) is 1.71. The van der Waals surface area contributed by atoms with Crippen molar-refractivity contribution in [3.63, 3.8) is 0 Å². The van der Waals surface area contributed by atoms with Gasteiger partial charge in [-0.1, -0.05) is 30.3 Å². The Morgan fingerprint density at radius 3 is 2.60 bits per heavy atom. The quantitative estimate of drug-likeness (QED) is 0.428. The highest BCUT2D eigenvalue weighted by molar-refractivity contribution is 5.14. The lowest BCUT2D eigenvalue weighted by molar-refractivity contribution is -0.404. The van der Waals surface area contributed by atoms with Crippen LogP contribution in [0, 0.1) is 10.1 Å². The van der Waals surface area contributed by atoms with Gasteiger partial charge in [-0.15, -0.1) is 0 Å². The van der Waals surface area contributed by atoms with Crippen molar-refractivity contribution in [3.05, 3.63) is 58.0 Å². The molecule has 0 amide bonds. The molecule has 0 aliphatic carbocycles. The van der Waals surface area contributed by atoms with Gasteiger partial charge in [0.25, 0.3) is 6.20 Å². The second-order valence-electron chi connectivity index (χ2n) is 4.57. The molecule has 20 heavy (non-hydrogen) atoms. The summed E-state index contributed by atoms with van der Waals surface area (Å²) in [6.45, 7) is 3.58. The largest absolute Gasteiger partial charge is 0.370 e. The van der Waals surface area contributed by atoms with E-state index in [9.17, 15) is 10.1 Å². The Morgan fingerprint density at radius 1 is 1.35 bits per heavy atom. The Bertz CT molecular complexity index is 432. The lowest BCUT2D eigenvalue weighted by Crippen LogP contribution is -2.31. The van der Waals surface area contributed by atoms with E-state index in [2.05, 4.69) is 17.4 Å². The molecule has 0 bridgehead atoms. The molecular weight excluding hydrogens is 254 g/mol. The molecule has 0 spiro atoms. The Balaban J connectivity index is 2.39. The van der Waals surface area contributed by atoms with Crippen LogP contribution < -0.4 is 5.32 Å². The van der Waals surface area contributed by atoms with Crippen molar-refractivity contribution in [2.75, 3.05) is 20.1 Å². The summed E-state index contributed by atoms with van der Waals surface area (Å²) >= 11 is 0. The van der Waals surface area contributed by atoms with Crippen molar-refractivity contribution in [2.24, 2.45) is 0 Å². The normalized spacial score (nSPS) is 11.2. The first-order valence-electron chi connectivity index (χ1n) is 6.99. The Kier molecular flexibility index (Phi) is 7.17. The molecular formula is C15H23N3O2. The van der Waals surface area contributed by atoms with Crippen LogP contribution in [0.5, 0.6) is 0 Å². The molecule has 5 nitrogen and oxygen atoms in total. The number of nitro groups is 1. The van der Waals surface area contributed by atoms with Gasteiger partial charge in [0.1, 0.15) is 0 Å². The van der Waals surface area contributed by atoms with Gasteiger partial charge in [0, 0.05) is 20.1 Å². The molecule has 0 unspecified atom stereocenters. The molecule has 110 valence electrons. The average molecular weight is 277 g/mol. The average Bonchev–Trinajstić information content (AvgIpc) is 2.46. The van der Waals surface area contributed by atoms with Crippen LogP contribution in [0.1, 0.15) is 25.3 Å². The fraction of sp³-hybridized carbons (Fsp3) is 0.467. The van der Waals surface area contributed by atoms with Gasteiger partial charge in [0.05, 0.1) is 4.92 Å². The number of benzene rings is 1. The Morgan fingerprint density at radius 2 is 2.05 bits per heavy atom. The van der Waals surface area contributed by atoms with Crippen LogP contribution in [-0.2, 0) is 6.42 Å². The number of nitrogens with zero attached hydrogens (tertiary/aromatic N) is 2. The lowest BCUT2D eigenvalue weighted by Gasteiger charge is -2.23. The molecule has 0 atom stereocenters. The summed E-state index contributed by atoms with van der Waals surface area (Å²) in [4.78, 5) is 12.1. The van der Waals surface area contributed by atoms with E-state index in [0.29, 0.717) is 5.82 Å². The van der Waals surface area contributed by atoms with Gasteiger partial charge in [-0.05, 0) is 31.7 Å². The maximum Gasteiger partial charge on any atom is 0.274 e. The smallest absolute Gasteiger partial charge is 0.274 e. The maximum absolute atomic E-state index is 10.6. The van der Waals surface area contributed by atoms with E-state index in [1.54, 1.807) is 7.05 Å². The zero-order valence-electron chi connectivity index (χ0n) is 12.2. The third kappa shape index (κ3) is 5.73. The fourth-order valence-electron chi connectivity index (χ4n) is 2.13.